The summed E-state index contributed by atoms with van der Waals surface area (Å²) in [4.78, 5) is 14.3. The zero-order valence-electron chi connectivity index (χ0n) is 12.3. The minimum Gasteiger partial charge on any atom is -0.326 e. The standard InChI is InChI=1S/C16H25N3O/c1-19(15-8-3-2-4-9-15)12-16(20)18-14-7-5-6-13(10-14)11-17/h5-7,10,15H,2-4,8-9,11-12,17H2,1H3,(H,18,20). The lowest BCUT2D eigenvalue weighted by atomic mass is 9.94. The van der Waals surface area contributed by atoms with Crippen molar-refractivity contribution < 1.29 is 4.79 Å². The monoisotopic (exact) mass is 275 g/mol. The molecule has 0 spiro atoms. The van der Waals surface area contributed by atoms with Crippen molar-refractivity contribution in [3.8, 4) is 0 Å². The van der Waals surface area contributed by atoms with Gasteiger partial charge in [0.2, 0.25) is 5.91 Å². The number of nitrogens with zero attached hydrogens (tertiary/aromatic N) is 1. The van der Waals surface area contributed by atoms with E-state index in [9.17, 15) is 4.79 Å². The first-order valence-corrected chi connectivity index (χ1v) is 7.48. The highest BCUT2D eigenvalue weighted by molar-refractivity contribution is 5.92. The summed E-state index contributed by atoms with van der Waals surface area (Å²) in [7, 11) is 2.05. The third-order valence-electron chi connectivity index (χ3n) is 4.04. The second-order valence-electron chi connectivity index (χ2n) is 5.66. The molecule has 4 nitrogen and oxygen atoms in total. The van der Waals surface area contributed by atoms with Crippen LogP contribution in [0.5, 0.6) is 0 Å². The molecule has 0 heterocycles. The Bertz CT molecular complexity index is 441. The van der Waals surface area contributed by atoms with Crippen molar-refractivity contribution >= 4 is 11.6 Å². The normalized spacial score (nSPS) is 16.4. The Morgan fingerprint density at radius 2 is 2.10 bits per heavy atom. The average molecular weight is 275 g/mol. The second-order valence-corrected chi connectivity index (χ2v) is 5.66. The summed E-state index contributed by atoms with van der Waals surface area (Å²) >= 11 is 0. The smallest absolute Gasteiger partial charge is 0.238 e. The molecule has 0 saturated heterocycles. The minimum absolute atomic E-state index is 0.0484. The number of nitrogens with two attached hydrogens (primary N) is 1. The van der Waals surface area contributed by atoms with Crippen LogP contribution in [0.15, 0.2) is 24.3 Å². The van der Waals surface area contributed by atoms with E-state index >= 15 is 0 Å². The lowest BCUT2D eigenvalue weighted by Gasteiger charge is -2.30. The number of hydrogen-bond donors (Lipinski definition) is 2. The number of carbonyl (C=O) groups excluding carboxylic acids is 1. The van der Waals surface area contributed by atoms with Crippen molar-refractivity contribution in [1.82, 2.24) is 4.90 Å². The van der Waals surface area contributed by atoms with Crippen molar-refractivity contribution in [3.05, 3.63) is 29.8 Å². The maximum Gasteiger partial charge on any atom is 0.238 e. The maximum atomic E-state index is 12.1. The molecule has 20 heavy (non-hydrogen) atoms. The molecule has 110 valence electrons. The fourth-order valence-electron chi connectivity index (χ4n) is 2.85. The van der Waals surface area contributed by atoms with Crippen molar-refractivity contribution in [1.29, 1.82) is 0 Å². The summed E-state index contributed by atoms with van der Waals surface area (Å²) in [5, 5.41) is 2.95. The number of benzene rings is 1. The number of hydrogen-bond acceptors (Lipinski definition) is 3. The van der Waals surface area contributed by atoms with E-state index in [0.29, 0.717) is 19.1 Å². The van der Waals surface area contributed by atoms with Gasteiger partial charge in [-0.05, 0) is 37.6 Å². The summed E-state index contributed by atoms with van der Waals surface area (Å²) < 4.78 is 0. The number of rotatable bonds is 5. The third-order valence-corrected chi connectivity index (χ3v) is 4.04. The van der Waals surface area contributed by atoms with Gasteiger partial charge in [0.05, 0.1) is 6.54 Å². The topological polar surface area (TPSA) is 58.4 Å². The molecule has 0 atom stereocenters. The predicted molar refractivity (Wildman–Crippen MR) is 82.5 cm³/mol. The Kier molecular flexibility index (Phi) is 5.56. The van der Waals surface area contributed by atoms with Crippen LogP contribution in [0.4, 0.5) is 5.69 Å². The van der Waals surface area contributed by atoms with Crippen LogP contribution in [-0.2, 0) is 11.3 Å². The quantitative estimate of drug-likeness (QED) is 0.867. The van der Waals surface area contributed by atoms with Crippen LogP contribution in [-0.4, -0.2) is 30.4 Å². The van der Waals surface area contributed by atoms with E-state index in [1.54, 1.807) is 0 Å². The SMILES string of the molecule is CN(CC(=O)Nc1cccc(CN)c1)C1CCCCC1. The van der Waals surface area contributed by atoms with Gasteiger partial charge in [-0.1, -0.05) is 31.4 Å². The van der Waals surface area contributed by atoms with Crippen LogP contribution in [0.25, 0.3) is 0 Å². The fraction of sp³-hybridized carbons (Fsp3) is 0.562. The van der Waals surface area contributed by atoms with Gasteiger partial charge in [0.15, 0.2) is 0 Å². The van der Waals surface area contributed by atoms with Crippen molar-refractivity contribution in [2.24, 2.45) is 5.73 Å². The van der Waals surface area contributed by atoms with E-state index < -0.39 is 0 Å². The molecule has 1 saturated carbocycles. The van der Waals surface area contributed by atoms with E-state index in [1.165, 1.54) is 32.1 Å². The molecular weight excluding hydrogens is 250 g/mol. The molecule has 1 aliphatic rings. The van der Waals surface area contributed by atoms with Crippen molar-refractivity contribution in [2.75, 3.05) is 18.9 Å². The molecule has 1 fully saturated rings. The predicted octanol–water partition coefficient (Wildman–Crippen LogP) is 2.35. The summed E-state index contributed by atoms with van der Waals surface area (Å²) in [5.74, 6) is 0.0484. The Morgan fingerprint density at radius 3 is 2.80 bits per heavy atom. The molecule has 0 radical (unpaired) electrons. The molecule has 1 aromatic carbocycles. The largest absolute Gasteiger partial charge is 0.326 e. The lowest BCUT2D eigenvalue weighted by Crippen LogP contribution is -2.39. The molecule has 0 aliphatic heterocycles. The van der Waals surface area contributed by atoms with E-state index in [2.05, 4.69) is 10.2 Å². The average Bonchev–Trinajstić information content (AvgIpc) is 2.48. The highest BCUT2D eigenvalue weighted by Gasteiger charge is 2.19. The van der Waals surface area contributed by atoms with Crippen LogP contribution >= 0.6 is 0 Å². The first kappa shape index (κ1) is 15.0. The van der Waals surface area contributed by atoms with Gasteiger partial charge >= 0.3 is 0 Å². The van der Waals surface area contributed by atoms with Gasteiger partial charge in [0.25, 0.3) is 0 Å². The number of amides is 1. The van der Waals surface area contributed by atoms with Crippen molar-refractivity contribution in [3.63, 3.8) is 0 Å². The summed E-state index contributed by atoms with van der Waals surface area (Å²) in [6.45, 7) is 0.948. The van der Waals surface area contributed by atoms with Crippen LogP contribution in [0.1, 0.15) is 37.7 Å². The maximum absolute atomic E-state index is 12.1. The molecule has 0 unspecified atom stereocenters. The van der Waals surface area contributed by atoms with Gasteiger partial charge in [-0.3, -0.25) is 9.69 Å². The number of anilines is 1. The Labute approximate surface area is 121 Å². The van der Waals surface area contributed by atoms with Gasteiger partial charge in [0.1, 0.15) is 0 Å². The van der Waals surface area contributed by atoms with Crippen LogP contribution in [0.2, 0.25) is 0 Å². The molecule has 1 aromatic rings. The summed E-state index contributed by atoms with van der Waals surface area (Å²) in [6.07, 6.45) is 6.34. The first-order valence-electron chi connectivity index (χ1n) is 7.48. The minimum atomic E-state index is 0.0484. The van der Waals surface area contributed by atoms with Crippen molar-refractivity contribution in [2.45, 2.75) is 44.7 Å². The lowest BCUT2D eigenvalue weighted by molar-refractivity contribution is -0.117. The summed E-state index contributed by atoms with van der Waals surface area (Å²) in [5.41, 5.74) is 7.47. The number of nitrogens with one attached hydrogen (secondary N) is 1. The zero-order chi connectivity index (χ0) is 14.4. The summed E-state index contributed by atoms with van der Waals surface area (Å²) in [6, 6.07) is 8.27. The number of likely N-dealkylation sites (N-methyl/N-ethyl adjacent to an activating group) is 1. The van der Waals surface area contributed by atoms with Gasteiger partial charge < -0.3 is 11.1 Å². The second kappa shape index (κ2) is 7.41. The Morgan fingerprint density at radius 1 is 1.35 bits per heavy atom. The molecule has 2 rings (SSSR count). The van der Waals surface area contributed by atoms with Crippen LogP contribution < -0.4 is 11.1 Å². The number of carbonyl (C=O) groups is 1. The highest BCUT2D eigenvalue weighted by atomic mass is 16.2. The zero-order valence-corrected chi connectivity index (χ0v) is 12.3. The van der Waals surface area contributed by atoms with E-state index in [1.807, 2.05) is 31.3 Å². The first-order chi connectivity index (χ1) is 9.69. The molecule has 4 heteroatoms. The van der Waals surface area contributed by atoms with Crippen LogP contribution in [0.3, 0.4) is 0 Å². The molecule has 0 aromatic heterocycles. The van der Waals surface area contributed by atoms with Gasteiger partial charge in [-0.15, -0.1) is 0 Å². The molecule has 1 amide bonds. The molecule has 3 N–H and O–H groups in total. The van der Waals surface area contributed by atoms with Gasteiger partial charge in [0, 0.05) is 18.3 Å². The molecule has 1 aliphatic carbocycles. The fourth-order valence-corrected chi connectivity index (χ4v) is 2.85. The van der Waals surface area contributed by atoms with Gasteiger partial charge in [-0.2, -0.15) is 0 Å². The van der Waals surface area contributed by atoms with E-state index in [4.69, 9.17) is 5.73 Å². The van der Waals surface area contributed by atoms with E-state index in [0.717, 1.165) is 11.3 Å². The van der Waals surface area contributed by atoms with Crippen LogP contribution in [0, 0.1) is 0 Å². The Hall–Kier alpha value is -1.39. The Balaban J connectivity index is 1.84. The third kappa shape index (κ3) is 4.32. The van der Waals surface area contributed by atoms with Gasteiger partial charge in [-0.25, -0.2) is 0 Å². The molecular formula is C16H25N3O. The molecule has 0 bridgehead atoms. The van der Waals surface area contributed by atoms with E-state index in [-0.39, 0.29) is 5.91 Å². The highest BCUT2D eigenvalue weighted by Crippen LogP contribution is 2.21.